The molecule has 0 aromatic heterocycles. The highest BCUT2D eigenvalue weighted by Crippen LogP contribution is 2.25. The number of anilines is 1. The number of guanidine groups is 1. The van der Waals surface area contributed by atoms with Crippen molar-refractivity contribution in [3.05, 3.63) is 29.8 Å². The summed E-state index contributed by atoms with van der Waals surface area (Å²) in [4.78, 5) is 16.8. The quantitative estimate of drug-likeness (QED) is 0.517. The van der Waals surface area contributed by atoms with E-state index in [1.165, 1.54) is 6.42 Å². The summed E-state index contributed by atoms with van der Waals surface area (Å²) < 4.78 is 5.82. The zero-order valence-corrected chi connectivity index (χ0v) is 17.2. The molecule has 6 nitrogen and oxygen atoms in total. The molecule has 1 aromatic carbocycles. The maximum absolute atomic E-state index is 12.5. The SMILES string of the molecule is CN=C(NCc1cccc(NC(=O)C2CCCCC2)c1)NCC1(C)CCCO1. The number of ether oxygens (including phenoxy) is 1. The molecule has 1 atom stereocenters. The van der Waals surface area contributed by atoms with Crippen molar-refractivity contribution in [2.75, 3.05) is 25.5 Å². The van der Waals surface area contributed by atoms with Gasteiger partial charge in [-0.25, -0.2) is 0 Å². The Labute approximate surface area is 168 Å². The van der Waals surface area contributed by atoms with E-state index < -0.39 is 0 Å². The Morgan fingerprint density at radius 3 is 2.75 bits per heavy atom. The van der Waals surface area contributed by atoms with E-state index in [2.05, 4.69) is 33.9 Å². The van der Waals surface area contributed by atoms with Crippen LogP contribution >= 0.6 is 0 Å². The fourth-order valence-electron chi connectivity index (χ4n) is 4.02. The van der Waals surface area contributed by atoms with Crippen LogP contribution in [-0.2, 0) is 16.1 Å². The molecule has 1 amide bonds. The van der Waals surface area contributed by atoms with E-state index in [-0.39, 0.29) is 17.4 Å². The smallest absolute Gasteiger partial charge is 0.227 e. The Morgan fingerprint density at radius 1 is 1.21 bits per heavy atom. The van der Waals surface area contributed by atoms with Crippen LogP contribution in [0.4, 0.5) is 5.69 Å². The van der Waals surface area contributed by atoms with Gasteiger partial charge in [0.05, 0.1) is 5.60 Å². The molecule has 1 heterocycles. The van der Waals surface area contributed by atoms with Gasteiger partial charge in [0.25, 0.3) is 0 Å². The second-order valence-corrected chi connectivity index (χ2v) is 8.21. The first-order valence-corrected chi connectivity index (χ1v) is 10.6. The molecular weight excluding hydrogens is 352 g/mol. The van der Waals surface area contributed by atoms with Gasteiger partial charge < -0.3 is 20.7 Å². The molecule has 0 bridgehead atoms. The molecule has 28 heavy (non-hydrogen) atoms. The second kappa shape index (κ2) is 9.92. The number of aliphatic imine (C=N–C) groups is 1. The number of rotatable bonds is 6. The van der Waals surface area contributed by atoms with E-state index in [0.29, 0.717) is 6.54 Å². The first kappa shape index (κ1) is 20.6. The molecule has 3 N–H and O–H groups in total. The molecule has 2 aliphatic rings. The molecule has 3 rings (SSSR count). The van der Waals surface area contributed by atoms with Gasteiger partial charge in [0, 0.05) is 38.3 Å². The van der Waals surface area contributed by atoms with Crippen LogP contribution in [0.25, 0.3) is 0 Å². The van der Waals surface area contributed by atoms with Crippen molar-refractivity contribution in [3.8, 4) is 0 Å². The number of hydrogen-bond donors (Lipinski definition) is 3. The van der Waals surface area contributed by atoms with Crippen LogP contribution in [0.3, 0.4) is 0 Å². The summed E-state index contributed by atoms with van der Waals surface area (Å²) in [5.74, 6) is 1.08. The Bertz CT molecular complexity index is 677. The second-order valence-electron chi connectivity index (χ2n) is 8.21. The van der Waals surface area contributed by atoms with Gasteiger partial charge in [-0.2, -0.15) is 0 Å². The molecule has 6 heteroatoms. The summed E-state index contributed by atoms with van der Waals surface area (Å²) in [6.45, 7) is 4.36. The number of carbonyl (C=O) groups excluding carboxylic acids is 1. The lowest BCUT2D eigenvalue weighted by atomic mass is 9.88. The van der Waals surface area contributed by atoms with Crippen molar-refractivity contribution in [1.29, 1.82) is 0 Å². The summed E-state index contributed by atoms with van der Waals surface area (Å²) in [5.41, 5.74) is 1.86. The topological polar surface area (TPSA) is 74.8 Å². The van der Waals surface area contributed by atoms with E-state index in [9.17, 15) is 4.79 Å². The number of carbonyl (C=O) groups is 1. The molecule has 1 saturated heterocycles. The summed E-state index contributed by atoms with van der Waals surface area (Å²) in [5, 5.41) is 9.79. The van der Waals surface area contributed by atoms with Crippen LogP contribution in [0.5, 0.6) is 0 Å². The van der Waals surface area contributed by atoms with Crippen molar-refractivity contribution in [3.63, 3.8) is 0 Å². The maximum atomic E-state index is 12.5. The Balaban J connectivity index is 1.48. The Morgan fingerprint density at radius 2 is 2.04 bits per heavy atom. The maximum Gasteiger partial charge on any atom is 0.227 e. The number of benzene rings is 1. The van der Waals surface area contributed by atoms with Crippen LogP contribution in [0, 0.1) is 5.92 Å². The van der Waals surface area contributed by atoms with Crippen molar-refractivity contribution in [2.24, 2.45) is 10.9 Å². The van der Waals surface area contributed by atoms with E-state index >= 15 is 0 Å². The van der Waals surface area contributed by atoms with Gasteiger partial charge in [-0.1, -0.05) is 31.4 Å². The fourth-order valence-corrected chi connectivity index (χ4v) is 4.02. The highest BCUT2D eigenvalue weighted by Gasteiger charge is 2.29. The van der Waals surface area contributed by atoms with Crippen LogP contribution in [0.1, 0.15) is 57.4 Å². The largest absolute Gasteiger partial charge is 0.373 e. The van der Waals surface area contributed by atoms with Crippen molar-refractivity contribution in [1.82, 2.24) is 10.6 Å². The molecule has 154 valence electrons. The van der Waals surface area contributed by atoms with Crippen LogP contribution in [0.15, 0.2) is 29.3 Å². The van der Waals surface area contributed by atoms with Crippen LogP contribution in [-0.4, -0.2) is 37.7 Å². The third-order valence-electron chi connectivity index (χ3n) is 5.78. The molecule has 1 aromatic rings. The third-order valence-corrected chi connectivity index (χ3v) is 5.78. The van der Waals surface area contributed by atoms with Gasteiger partial charge in [0.1, 0.15) is 0 Å². The van der Waals surface area contributed by atoms with Gasteiger partial charge in [-0.3, -0.25) is 9.79 Å². The minimum absolute atomic E-state index is 0.110. The molecular formula is C22H34N4O2. The van der Waals surface area contributed by atoms with E-state index in [1.54, 1.807) is 7.05 Å². The Hall–Kier alpha value is -2.08. The van der Waals surface area contributed by atoms with Gasteiger partial charge in [0.15, 0.2) is 5.96 Å². The fraction of sp³-hybridized carbons (Fsp3) is 0.636. The van der Waals surface area contributed by atoms with E-state index in [1.807, 2.05) is 18.2 Å². The standard InChI is InChI=1S/C22H34N4O2/c1-22(12-7-13-28-22)16-25-21(23-2)24-15-17-8-6-11-19(14-17)26-20(27)18-9-4-3-5-10-18/h6,8,11,14,18H,3-5,7,9-10,12-13,15-16H2,1-2H3,(H,26,27)(H2,23,24,25). The number of nitrogens with zero attached hydrogens (tertiary/aromatic N) is 1. The highest BCUT2D eigenvalue weighted by molar-refractivity contribution is 5.92. The molecule has 0 spiro atoms. The number of amides is 1. The predicted octanol–water partition coefficient (Wildman–Crippen LogP) is 3.44. The molecule has 1 unspecified atom stereocenters. The normalized spacial score (nSPS) is 23.4. The third kappa shape index (κ3) is 5.96. The molecule has 1 aliphatic carbocycles. The summed E-state index contributed by atoms with van der Waals surface area (Å²) >= 11 is 0. The van der Waals surface area contributed by atoms with Crippen LogP contribution in [0.2, 0.25) is 0 Å². The van der Waals surface area contributed by atoms with Crippen molar-refractivity contribution in [2.45, 2.75) is 64.0 Å². The van der Waals surface area contributed by atoms with Gasteiger partial charge in [0.2, 0.25) is 5.91 Å². The van der Waals surface area contributed by atoms with Gasteiger partial charge in [-0.15, -0.1) is 0 Å². The average Bonchev–Trinajstić information content (AvgIpc) is 3.16. The highest BCUT2D eigenvalue weighted by atomic mass is 16.5. The molecule has 2 fully saturated rings. The van der Waals surface area contributed by atoms with Gasteiger partial charge in [-0.05, 0) is 50.3 Å². The lowest BCUT2D eigenvalue weighted by molar-refractivity contribution is -0.120. The minimum atomic E-state index is -0.110. The monoisotopic (exact) mass is 386 g/mol. The van der Waals surface area contributed by atoms with Crippen LogP contribution < -0.4 is 16.0 Å². The lowest BCUT2D eigenvalue weighted by Crippen LogP contribution is -2.45. The first-order chi connectivity index (χ1) is 13.6. The lowest BCUT2D eigenvalue weighted by Gasteiger charge is -2.24. The first-order valence-electron chi connectivity index (χ1n) is 10.6. The zero-order valence-electron chi connectivity index (χ0n) is 17.2. The molecule has 1 saturated carbocycles. The predicted molar refractivity (Wildman–Crippen MR) is 113 cm³/mol. The average molecular weight is 387 g/mol. The van der Waals surface area contributed by atoms with E-state index in [0.717, 1.165) is 68.9 Å². The minimum Gasteiger partial charge on any atom is -0.373 e. The number of hydrogen-bond acceptors (Lipinski definition) is 3. The summed E-state index contributed by atoms with van der Waals surface area (Å²) in [7, 11) is 1.77. The Kier molecular flexibility index (Phi) is 7.31. The summed E-state index contributed by atoms with van der Waals surface area (Å²) in [6, 6.07) is 8.02. The molecule has 0 radical (unpaired) electrons. The molecule has 1 aliphatic heterocycles. The number of nitrogens with one attached hydrogen (secondary N) is 3. The van der Waals surface area contributed by atoms with Crippen molar-refractivity contribution < 1.29 is 9.53 Å². The van der Waals surface area contributed by atoms with Crippen molar-refractivity contribution >= 4 is 17.6 Å². The summed E-state index contributed by atoms with van der Waals surface area (Å²) in [6.07, 6.45) is 7.79. The zero-order chi connectivity index (χ0) is 19.8. The van der Waals surface area contributed by atoms with Gasteiger partial charge >= 0.3 is 0 Å². The van der Waals surface area contributed by atoms with E-state index in [4.69, 9.17) is 4.74 Å².